The summed E-state index contributed by atoms with van der Waals surface area (Å²) in [4.78, 5) is 2.98. The highest BCUT2D eigenvalue weighted by atomic mass is 32.1. The molecule has 1 aliphatic carbocycles. The van der Waals surface area contributed by atoms with E-state index in [4.69, 9.17) is 5.73 Å². The maximum absolute atomic E-state index is 14.4. The quantitative estimate of drug-likeness (QED) is 0.882. The molecule has 2 nitrogen and oxygen atoms in total. The summed E-state index contributed by atoms with van der Waals surface area (Å²) < 4.78 is 28.8. The molecule has 2 N–H and O–H groups in total. The molecule has 5 heteroatoms. The zero-order valence-electron chi connectivity index (χ0n) is 11.7. The normalized spacial score (nSPS) is 14.4. The molecule has 2 aromatic rings. The number of rotatable bonds is 6. The van der Waals surface area contributed by atoms with E-state index in [1.165, 1.54) is 12.1 Å². The third kappa shape index (κ3) is 3.24. The molecule has 112 valence electrons. The van der Waals surface area contributed by atoms with Crippen LogP contribution in [-0.2, 0) is 13.0 Å². The van der Waals surface area contributed by atoms with Crippen molar-refractivity contribution in [2.45, 2.75) is 31.8 Å². The van der Waals surface area contributed by atoms with E-state index in [2.05, 4.69) is 0 Å². The third-order valence-electron chi connectivity index (χ3n) is 3.69. The molecule has 1 fully saturated rings. The summed E-state index contributed by atoms with van der Waals surface area (Å²) in [5.41, 5.74) is 6.17. The molecule has 0 radical (unpaired) electrons. The zero-order valence-corrected chi connectivity index (χ0v) is 12.5. The summed E-state index contributed by atoms with van der Waals surface area (Å²) in [5, 5.41) is 1.98. The molecule has 0 bridgehead atoms. The number of anilines is 1. The van der Waals surface area contributed by atoms with E-state index in [0.29, 0.717) is 25.1 Å². The second-order valence-electron chi connectivity index (χ2n) is 5.39. The number of nitrogens with zero attached hydrogens (tertiary/aromatic N) is 1. The first-order valence-electron chi connectivity index (χ1n) is 7.16. The molecular formula is C16H18F2N2S. The lowest BCUT2D eigenvalue weighted by Gasteiger charge is -2.25. The van der Waals surface area contributed by atoms with Crippen molar-refractivity contribution in [3.8, 4) is 0 Å². The average molecular weight is 308 g/mol. The van der Waals surface area contributed by atoms with Gasteiger partial charge in [-0.05, 0) is 54.9 Å². The van der Waals surface area contributed by atoms with Crippen LogP contribution in [0.4, 0.5) is 14.5 Å². The van der Waals surface area contributed by atoms with Gasteiger partial charge >= 0.3 is 0 Å². The van der Waals surface area contributed by atoms with Crippen LogP contribution in [0.3, 0.4) is 0 Å². The van der Waals surface area contributed by atoms with Crippen LogP contribution in [0.25, 0.3) is 0 Å². The second-order valence-corrected chi connectivity index (χ2v) is 6.42. The summed E-state index contributed by atoms with van der Waals surface area (Å²) in [6.45, 7) is 0.951. The molecule has 1 aliphatic rings. The summed E-state index contributed by atoms with van der Waals surface area (Å²) >= 11 is 1.61. The topological polar surface area (TPSA) is 29.3 Å². The maximum atomic E-state index is 14.4. The van der Waals surface area contributed by atoms with E-state index in [-0.39, 0.29) is 11.7 Å². The van der Waals surface area contributed by atoms with Crippen LogP contribution in [0.15, 0.2) is 29.6 Å². The van der Waals surface area contributed by atoms with E-state index < -0.39 is 11.6 Å². The van der Waals surface area contributed by atoms with Crippen molar-refractivity contribution in [2.75, 3.05) is 11.4 Å². The van der Waals surface area contributed by atoms with E-state index in [1.807, 2.05) is 22.4 Å². The first kappa shape index (κ1) is 14.5. The van der Waals surface area contributed by atoms with E-state index >= 15 is 0 Å². The number of thiophene rings is 1. The van der Waals surface area contributed by atoms with Crippen molar-refractivity contribution in [3.05, 3.63) is 51.7 Å². The highest BCUT2D eigenvalue weighted by Crippen LogP contribution is 2.37. The van der Waals surface area contributed by atoms with Crippen molar-refractivity contribution in [3.63, 3.8) is 0 Å². The first-order chi connectivity index (χ1) is 10.2. The molecule has 0 atom stereocenters. The SMILES string of the molecule is NCCc1cc(F)c(N(Cc2cccs2)C2CC2)c(F)c1. The molecule has 3 rings (SSSR count). The summed E-state index contributed by atoms with van der Waals surface area (Å²) in [6.07, 6.45) is 2.48. The molecule has 1 aromatic carbocycles. The van der Waals surface area contributed by atoms with Crippen LogP contribution in [0.1, 0.15) is 23.3 Å². The highest BCUT2D eigenvalue weighted by Gasteiger charge is 2.32. The molecule has 0 aliphatic heterocycles. The minimum absolute atomic E-state index is 0.103. The molecule has 1 saturated carbocycles. The van der Waals surface area contributed by atoms with Gasteiger partial charge in [-0.15, -0.1) is 11.3 Å². The van der Waals surface area contributed by atoms with Crippen molar-refractivity contribution < 1.29 is 8.78 Å². The molecule has 1 aromatic heterocycles. The fourth-order valence-electron chi connectivity index (χ4n) is 2.55. The number of halogens is 2. The van der Waals surface area contributed by atoms with Gasteiger partial charge in [-0.2, -0.15) is 0 Å². The van der Waals surface area contributed by atoms with Gasteiger partial charge in [0.15, 0.2) is 0 Å². The van der Waals surface area contributed by atoms with Crippen LogP contribution >= 0.6 is 11.3 Å². The van der Waals surface area contributed by atoms with Crippen LogP contribution in [0, 0.1) is 11.6 Å². The Kier molecular flexibility index (Phi) is 4.22. The fraction of sp³-hybridized carbons (Fsp3) is 0.375. The predicted molar refractivity (Wildman–Crippen MR) is 82.6 cm³/mol. The summed E-state index contributed by atoms with van der Waals surface area (Å²) in [6, 6.07) is 7.03. The molecule has 0 amide bonds. The number of nitrogens with two attached hydrogens (primary N) is 1. The van der Waals surface area contributed by atoms with Crippen molar-refractivity contribution in [1.29, 1.82) is 0 Å². The van der Waals surface area contributed by atoms with Crippen LogP contribution < -0.4 is 10.6 Å². The van der Waals surface area contributed by atoms with Crippen LogP contribution in [0.5, 0.6) is 0 Å². The highest BCUT2D eigenvalue weighted by molar-refractivity contribution is 7.09. The molecule has 21 heavy (non-hydrogen) atoms. The smallest absolute Gasteiger partial charge is 0.149 e. The largest absolute Gasteiger partial charge is 0.359 e. The zero-order chi connectivity index (χ0) is 14.8. The lowest BCUT2D eigenvalue weighted by atomic mass is 10.1. The van der Waals surface area contributed by atoms with Crippen molar-refractivity contribution >= 4 is 17.0 Å². The minimum atomic E-state index is -0.484. The Labute approximate surface area is 127 Å². The van der Waals surface area contributed by atoms with Crippen LogP contribution in [-0.4, -0.2) is 12.6 Å². The van der Waals surface area contributed by atoms with E-state index in [1.54, 1.807) is 11.3 Å². The molecule has 0 saturated heterocycles. The van der Waals surface area contributed by atoms with Gasteiger partial charge < -0.3 is 10.6 Å². The molecule has 0 unspecified atom stereocenters. The van der Waals surface area contributed by atoms with E-state index in [9.17, 15) is 8.78 Å². The number of benzene rings is 1. The Bertz CT molecular complexity index is 586. The van der Waals surface area contributed by atoms with Crippen molar-refractivity contribution in [2.24, 2.45) is 5.73 Å². The van der Waals surface area contributed by atoms with Gasteiger partial charge in [0, 0.05) is 10.9 Å². The van der Waals surface area contributed by atoms with Gasteiger partial charge in [0.2, 0.25) is 0 Å². The van der Waals surface area contributed by atoms with Gasteiger partial charge in [-0.3, -0.25) is 0 Å². The molecule has 1 heterocycles. The number of hydrogen-bond acceptors (Lipinski definition) is 3. The Morgan fingerprint density at radius 1 is 1.24 bits per heavy atom. The van der Waals surface area contributed by atoms with Gasteiger partial charge in [0.1, 0.15) is 17.3 Å². The Balaban J connectivity index is 1.92. The van der Waals surface area contributed by atoms with Gasteiger partial charge in [-0.1, -0.05) is 6.07 Å². The Hall–Kier alpha value is -1.46. The third-order valence-corrected chi connectivity index (χ3v) is 4.55. The van der Waals surface area contributed by atoms with Crippen molar-refractivity contribution in [1.82, 2.24) is 0 Å². The first-order valence-corrected chi connectivity index (χ1v) is 8.04. The predicted octanol–water partition coefficient (Wildman–Crippen LogP) is 3.70. The lowest BCUT2D eigenvalue weighted by Crippen LogP contribution is -2.27. The van der Waals surface area contributed by atoms with Gasteiger partial charge in [0.25, 0.3) is 0 Å². The van der Waals surface area contributed by atoms with E-state index in [0.717, 1.165) is 17.7 Å². The standard InChI is InChI=1S/C16H18F2N2S/c17-14-8-11(5-6-19)9-15(18)16(14)20(12-3-4-12)10-13-2-1-7-21-13/h1-2,7-9,12H,3-6,10,19H2. The summed E-state index contributed by atoms with van der Waals surface area (Å²) in [7, 11) is 0. The fourth-order valence-corrected chi connectivity index (χ4v) is 3.25. The second kappa shape index (κ2) is 6.12. The Morgan fingerprint density at radius 3 is 2.48 bits per heavy atom. The average Bonchev–Trinajstić information content (AvgIpc) is 3.15. The molecular weight excluding hydrogens is 290 g/mol. The van der Waals surface area contributed by atoms with Gasteiger partial charge in [0.05, 0.1) is 6.54 Å². The van der Waals surface area contributed by atoms with Crippen LogP contribution in [0.2, 0.25) is 0 Å². The maximum Gasteiger partial charge on any atom is 0.149 e. The minimum Gasteiger partial charge on any atom is -0.359 e. The lowest BCUT2D eigenvalue weighted by molar-refractivity contribution is 0.565. The number of hydrogen-bond donors (Lipinski definition) is 1. The Morgan fingerprint density at radius 2 is 1.95 bits per heavy atom. The summed E-state index contributed by atoms with van der Waals surface area (Å²) in [5.74, 6) is -0.969. The van der Waals surface area contributed by atoms with Gasteiger partial charge in [-0.25, -0.2) is 8.78 Å². The monoisotopic (exact) mass is 308 g/mol. The molecule has 0 spiro atoms.